The highest BCUT2D eigenvalue weighted by Crippen LogP contribution is 2.34. The van der Waals surface area contributed by atoms with Gasteiger partial charge in [-0.2, -0.15) is 4.91 Å². The lowest BCUT2D eigenvalue weighted by Crippen LogP contribution is -1.87. The minimum Gasteiger partial charge on any atom is -0.151 e. The average Bonchev–Trinajstić information content (AvgIpc) is 2.77. The molecule has 3 rings (SSSR count). The molecule has 18 heavy (non-hydrogen) atoms. The van der Waals surface area contributed by atoms with E-state index in [2.05, 4.69) is 47.6 Å². The number of nitrogens with zero attached hydrogens (tertiary/aromatic N) is 1. The largest absolute Gasteiger partial charge is 0.151 e. The number of fused-ring (bicyclic) bond motifs is 3. The Labute approximate surface area is 109 Å². The Balaban J connectivity index is 2.04. The minimum absolute atomic E-state index is 0.405. The smallest absolute Gasteiger partial charge is 0.0814 e. The normalized spacial score (nSPS) is 11.1. The van der Waals surface area contributed by atoms with Gasteiger partial charge in [0, 0.05) is 20.2 Å². The van der Waals surface area contributed by atoms with Crippen molar-refractivity contribution in [3.05, 3.63) is 52.9 Å². The summed E-state index contributed by atoms with van der Waals surface area (Å²) in [5, 5.41) is 5.56. The molecule has 0 atom stereocenters. The van der Waals surface area contributed by atoms with Crippen LogP contribution in [0.2, 0.25) is 0 Å². The van der Waals surface area contributed by atoms with E-state index in [4.69, 9.17) is 0 Å². The second-order valence-corrected chi connectivity index (χ2v) is 5.47. The number of thiophene rings is 1. The zero-order valence-corrected chi connectivity index (χ0v) is 10.7. The summed E-state index contributed by atoms with van der Waals surface area (Å²) in [5.41, 5.74) is 1.29. The molecule has 0 radical (unpaired) electrons. The number of benzene rings is 2. The molecular formula is C15H13NOS. The second kappa shape index (κ2) is 4.86. The van der Waals surface area contributed by atoms with Crippen LogP contribution in [0, 0.1) is 4.91 Å². The van der Waals surface area contributed by atoms with E-state index in [9.17, 15) is 4.91 Å². The number of hydrogen-bond acceptors (Lipinski definition) is 3. The zero-order chi connectivity index (χ0) is 12.4. The molecule has 3 aromatic rings. The third-order valence-corrected chi connectivity index (χ3v) is 4.31. The summed E-state index contributed by atoms with van der Waals surface area (Å²) in [4.78, 5) is 10.1. The minimum atomic E-state index is 0.405. The van der Waals surface area contributed by atoms with E-state index in [-0.39, 0.29) is 0 Å². The molecule has 0 unspecified atom stereocenters. The standard InChI is InChI=1S/C15H13NOS/c17-16-9-3-4-11-7-8-15-13(10-11)12-5-1-2-6-14(12)18-15/h1-2,5-8,10H,3-4,9H2. The first-order chi connectivity index (χ1) is 8.88. The van der Waals surface area contributed by atoms with E-state index in [0.717, 1.165) is 12.8 Å². The molecule has 1 aromatic heterocycles. The fourth-order valence-electron chi connectivity index (χ4n) is 2.28. The maximum atomic E-state index is 10.1. The number of hydrogen-bond donors (Lipinski definition) is 0. The van der Waals surface area contributed by atoms with Gasteiger partial charge in [-0.25, -0.2) is 0 Å². The topological polar surface area (TPSA) is 29.4 Å². The highest BCUT2D eigenvalue weighted by molar-refractivity contribution is 7.25. The van der Waals surface area contributed by atoms with Crippen LogP contribution in [-0.2, 0) is 6.42 Å². The van der Waals surface area contributed by atoms with Crippen LogP contribution in [0.4, 0.5) is 0 Å². The Bertz CT molecular complexity index is 702. The first-order valence-electron chi connectivity index (χ1n) is 6.08. The summed E-state index contributed by atoms with van der Waals surface area (Å²) in [7, 11) is 0. The molecule has 3 heteroatoms. The number of rotatable bonds is 4. The Hall–Kier alpha value is -1.74. The van der Waals surface area contributed by atoms with Crippen molar-refractivity contribution in [2.75, 3.05) is 6.54 Å². The first kappa shape index (κ1) is 11.4. The third-order valence-electron chi connectivity index (χ3n) is 3.16. The molecule has 0 fully saturated rings. The Kier molecular flexibility index (Phi) is 3.07. The third kappa shape index (κ3) is 2.02. The van der Waals surface area contributed by atoms with E-state index in [1.807, 2.05) is 11.3 Å². The SMILES string of the molecule is O=NCCCc1ccc2sc3ccccc3c2c1. The molecule has 0 aliphatic carbocycles. The van der Waals surface area contributed by atoms with Gasteiger partial charge in [-0.1, -0.05) is 29.4 Å². The van der Waals surface area contributed by atoms with Gasteiger partial charge in [0.05, 0.1) is 6.54 Å². The van der Waals surface area contributed by atoms with Gasteiger partial charge in [0.15, 0.2) is 0 Å². The summed E-state index contributed by atoms with van der Waals surface area (Å²) in [6.07, 6.45) is 1.75. The van der Waals surface area contributed by atoms with Crippen molar-refractivity contribution in [3.63, 3.8) is 0 Å². The van der Waals surface area contributed by atoms with Crippen molar-refractivity contribution < 1.29 is 0 Å². The number of aryl methyl sites for hydroxylation is 1. The Morgan fingerprint density at radius 2 is 1.83 bits per heavy atom. The van der Waals surface area contributed by atoms with Gasteiger partial charge in [0.2, 0.25) is 0 Å². The molecule has 90 valence electrons. The van der Waals surface area contributed by atoms with Gasteiger partial charge < -0.3 is 0 Å². The van der Waals surface area contributed by atoms with Crippen molar-refractivity contribution in [2.45, 2.75) is 12.8 Å². The summed E-state index contributed by atoms with van der Waals surface area (Å²) in [6.45, 7) is 0.405. The Morgan fingerprint density at radius 3 is 2.72 bits per heavy atom. The quantitative estimate of drug-likeness (QED) is 0.488. The Morgan fingerprint density at radius 1 is 1.00 bits per heavy atom. The second-order valence-electron chi connectivity index (χ2n) is 4.38. The van der Waals surface area contributed by atoms with Gasteiger partial charge >= 0.3 is 0 Å². The monoisotopic (exact) mass is 255 g/mol. The fraction of sp³-hybridized carbons (Fsp3) is 0.200. The highest BCUT2D eigenvalue weighted by atomic mass is 32.1. The molecule has 0 aliphatic rings. The predicted molar refractivity (Wildman–Crippen MR) is 78.3 cm³/mol. The van der Waals surface area contributed by atoms with Crippen molar-refractivity contribution in [2.24, 2.45) is 5.18 Å². The van der Waals surface area contributed by atoms with Gasteiger partial charge in [-0.05, 0) is 36.6 Å². The van der Waals surface area contributed by atoms with Gasteiger partial charge in [-0.15, -0.1) is 11.3 Å². The molecule has 0 spiro atoms. The number of nitroso groups, excluding NO2 is 1. The molecule has 1 heterocycles. The first-order valence-corrected chi connectivity index (χ1v) is 6.89. The maximum Gasteiger partial charge on any atom is 0.0814 e. The molecule has 0 aliphatic heterocycles. The van der Waals surface area contributed by atoms with E-state index >= 15 is 0 Å². The van der Waals surface area contributed by atoms with E-state index in [1.54, 1.807) is 0 Å². The maximum absolute atomic E-state index is 10.1. The van der Waals surface area contributed by atoms with Crippen LogP contribution in [-0.4, -0.2) is 6.54 Å². The van der Waals surface area contributed by atoms with Crippen LogP contribution in [0.15, 0.2) is 47.6 Å². The van der Waals surface area contributed by atoms with Crippen LogP contribution in [0.3, 0.4) is 0 Å². The van der Waals surface area contributed by atoms with Crippen molar-refractivity contribution in [1.82, 2.24) is 0 Å². The average molecular weight is 255 g/mol. The predicted octanol–water partition coefficient (Wildman–Crippen LogP) is 4.75. The summed E-state index contributed by atoms with van der Waals surface area (Å²) >= 11 is 1.83. The van der Waals surface area contributed by atoms with Gasteiger partial charge in [0.25, 0.3) is 0 Å². The van der Waals surface area contributed by atoms with Gasteiger partial charge in [-0.3, -0.25) is 0 Å². The van der Waals surface area contributed by atoms with Crippen molar-refractivity contribution >= 4 is 31.5 Å². The molecule has 0 N–H and O–H groups in total. The van der Waals surface area contributed by atoms with Crippen LogP contribution in [0.1, 0.15) is 12.0 Å². The highest BCUT2D eigenvalue weighted by Gasteiger charge is 2.04. The van der Waals surface area contributed by atoms with Crippen molar-refractivity contribution in [1.29, 1.82) is 0 Å². The lowest BCUT2D eigenvalue weighted by atomic mass is 10.1. The lowest BCUT2D eigenvalue weighted by Gasteiger charge is -1.99. The van der Waals surface area contributed by atoms with Crippen molar-refractivity contribution in [3.8, 4) is 0 Å². The fourth-order valence-corrected chi connectivity index (χ4v) is 3.36. The summed E-state index contributed by atoms with van der Waals surface area (Å²) in [6, 6.07) is 15.1. The van der Waals surface area contributed by atoms with Crippen LogP contribution < -0.4 is 0 Å². The van der Waals surface area contributed by atoms with Crippen LogP contribution in [0.25, 0.3) is 20.2 Å². The van der Waals surface area contributed by atoms with Crippen LogP contribution in [0.5, 0.6) is 0 Å². The van der Waals surface area contributed by atoms with Gasteiger partial charge in [0.1, 0.15) is 0 Å². The molecule has 0 amide bonds. The lowest BCUT2D eigenvalue weighted by molar-refractivity contribution is 0.830. The van der Waals surface area contributed by atoms with E-state index in [0.29, 0.717) is 6.54 Å². The summed E-state index contributed by atoms with van der Waals surface area (Å²) < 4.78 is 2.66. The molecule has 2 nitrogen and oxygen atoms in total. The molecule has 0 saturated carbocycles. The van der Waals surface area contributed by atoms with Crippen LogP contribution >= 0.6 is 11.3 Å². The molecule has 2 aromatic carbocycles. The summed E-state index contributed by atoms with van der Waals surface area (Å²) in [5.74, 6) is 0. The van der Waals surface area contributed by atoms with E-state index < -0.39 is 0 Å². The zero-order valence-electron chi connectivity index (χ0n) is 9.93. The van der Waals surface area contributed by atoms with E-state index in [1.165, 1.54) is 25.7 Å². The molecule has 0 saturated heterocycles. The molecule has 0 bridgehead atoms. The molecular weight excluding hydrogens is 242 g/mol.